The summed E-state index contributed by atoms with van der Waals surface area (Å²) in [7, 11) is 1.86. The Bertz CT molecular complexity index is 415. The van der Waals surface area contributed by atoms with E-state index < -0.39 is 0 Å². The number of carbonyl (C=O) groups excluding carboxylic acids is 1. The smallest absolute Gasteiger partial charge is 0.254 e. The van der Waals surface area contributed by atoms with Crippen molar-refractivity contribution in [2.75, 3.05) is 7.05 Å². The minimum Gasteiger partial charge on any atom is -0.337 e. The predicted octanol–water partition coefficient (Wildman–Crippen LogP) is 2.57. The largest absolute Gasteiger partial charge is 0.337 e. The van der Waals surface area contributed by atoms with E-state index in [2.05, 4.69) is 26.8 Å². The molecule has 0 unspecified atom stereocenters. The van der Waals surface area contributed by atoms with Crippen LogP contribution < -0.4 is 0 Å². The summed E-state index contributed by atoms with van der Waals surface area (Å²) in [6.45, 7) is 7.19. The van der Waals surface area contributed by atoms with Gasteiger partial charge in [-0.1, -0.05) is 39.0 Å². The molecule has 1 aliphatic rings. The average molecular weight is 203 g/mol. The zero-order valence-corrected chi connectivity index (χ0v) is 9.79. The molecule has 80 valence electrons. The lowest BCUT2D eigenvalue weighted by Crippen LogP contribution is -2.21. The third kappa shape index (κ3) is 1.54. The molecule has 0 fully saturated rings. The Hall–Kier alpha value is -1.31. The average Bonchev–Trinajstić information content (AvgIpc) is 2.41. The van der Waals surface area contributed by atoms with E-state index in [1.165, 1.54) is 0 Å². The molecule has 1 aromatic carbocycles. The number of fused-ring (bicyclic) bond motifs is 1. The summed E-state index contributed by atoms with van der Waals surface area (Å²) in [6, 6.07) is 6.16. The number of hydrogen-bond donors (Lipinski definition) is 0. The maximum absolute atomic E-state index is 12.0. The van der Waals surface area contributed by atoms with Gasteiger partial charge < -0.3 is 4.90 Å². The van der Waals surface area contributed by atoms with E-state index in [1.54, 1.807) is 4.90 Å². The molecule has 1 heterocycles. The Morgan fingerprint density at radius 2 is 1.93 bits per heavy atom. The van der Waals surface area contributed by atoms with Gasteiger partial charge in [0.25, 0.3) is 5.91 Å². The van der Waals surface area contributed by atoms with Crippen LogP contribution in [-0.4, -0.2) is 17.9 Å². The van der Waals surface area contributed by atoms with Gasteiger partial charge in [0, 0.05) is 19.2 Å². The molecule has 2 rings (SSSR count). The lowest BCUT2D eigenvalue weighted by Gasteiger charge is -2.21. The van der Waals surface area contributed by atoms with Crippen LogP contribution >= 0.6 is 0 Å². The zero-order valence-electron chi connectivity index (χ0n) is 9.79. The molecule has 0 saturated carbocycles. The third-order valence-electron chi connectivity index (χ3n) is 2.93. The summed E-state index contributed by atoms with van der Waals surface area (Å²) in [5.41, 5.74) is 3.28. The van der Waals surface area contributed by atoms with Crippen molar-refractivity contribution in [3.05, 3.63) is 34.9 Å². The lowest BCUT2D eigenvalue weighted by atomic mass is 9.82. The first-order valence-electron chi connectivity index (χ1n) is 5.29. The Balaban J connectivity index is 2.63. The fourth-order valence-electron chi connectivity index (χ4n) is 2.13. The molecular weight excluding hydrogens is 186 g/mol. The molecule has 1 amide bonds. The molecule has 2 nitrogen and oxygen atoms in total. The van der Waals surface area contributed by atoms with Gasteiger partial charge in [-0.3, -0.25) is 4.79 Å². The molecule has 0 bridgehead atoms. The summed E-state index contributed by atoms with van der Waals surface area (Å²) in [4.78, 5) is 13.8. The second-order valence-corrected chi connectivity index (χ2v) is 5.25. The molecule has 15 heavy (non-hydrogen) atoms. The molecular formula is C13H17NO. The highest BCUT2D eigenvalue weighted by Crippen LogP contribution is 2.32. The van der Waals surface area contributed by atoms with Crippen molar-refractivity contribution >= 4 is 5.91 Å². The van der Waals surface area contributed by atoms with E-state index in [0.29, 0.717) is 0 Å². The quantitative estimate of drug-likeness (QED) is 0.634. The van der Waals surface area contributed by atoms with Gasteiger partial charge in [0.2, 0.25) is 0 Å². The van der Waals surface area contributed by atoms with Crippen LogP contribution in [0.2, 0.25) is 0 Å². The van der Waals surface area contributed by atoms with Crippen LogP contribution in [0.5, 0.6) is 0 Å². The second kappa shape index (κ2) is 3.09. The van der Waals surface area contributed by atoms with Gasteiger partial charge in [0.05, 0.1) is 0 Å². The van der Waals surface area contributed by atoms with Crippen LogP contribution in [0, 0.1) is 0 Å². The standard InChI is InChI=1S/C13H17NO/c1-13(2,3)10-7-5-6-9-8-14(4)12(15)11(9)10/h5-7H,8H2,1-4H3. The van der Waals surface area contributed by atoms with Crippen molar-refractivity contribution in [3.63, 3.8) is 0 Å². The summed E-state index contributed by atoms with van der Waals surface area (Å²) in [5, 5.41) is 0. The van der Waals surface area contributed by atoms with Crippen molar-refractivity contribution in [2.24, 2.45) is 0 Å². The summed E-state index contributed by atoms with van der Waals surface area (Å²) in [5.74, 6) is 0.163. The number of nitrogens with zero attached hydrogens (tertiary/aromatic N) is 1. The van der Waals surface area contributed by atoms with Crippen LogP contribution in [0.15, 0.2) is 18.2 Å². The monoisotopic (exact) mass is 203 g/mol. The van der Waals surface area contributed by atoms with Gasteiger partial charge in [-0.05, 0) is 16.5 Å². The first-order valence-corrected chi connectivity index (χ1v) is 5.29. The Morgan fingerprint density at radius 3 is 2.53 bits per heavy atom. The number of rotatable bonds is 0. The highest BCUT2D eigenvalue weighted by Gasteiger charge is 2.30. The van der Waals surface area contributed by atoms with E-state index >= 15 is 0 Å². The Kier molecular flexibility index (Phi) is 2.10. The molecule has 0 atom stereocenters. The third-order valence-corrected chi connectivity index (χ3v) is 2.93. The Morgan fingerprint density at radius 1 is 1.27 bits per heavy atom. The summed E-state index contributed by atoms with van der Waals surface area (Å²) in [6.07, 6.45) is 0. The van der Waals surface area contributed by atoms with E-state index in [-0.39, 0.29) is 11.3 Å². The van der Waals surface area contributed by atoms with Gasteiger partial charge in [-0.2, -0.15) is 0 Å². The molecule has 0 N–H and O–H groups in total. The van der Waals surface area contributed by atoms with Crippen LogP contribution in [0.3, 0.4) is 0 Å². The molecule has 0 aromatic heterocycles. The molecule has 1 aromatic rings. The Labute approximate surface area is 90.9 Å². The van der Waals surface area contributed by atoms with Gasteiger partial charge in [-0.25, -0.2) is 0 Å². The second-order valence-electron chi connectivity index (χ2n) is 5.25. The van der Waals surface area contributed by atoms with Gasteiger partial charge in [0.15, 0.2) is 0 Å². The number of benzene rings is 1. The first-order chi connectivity index (χ1) is 6.91. The van der Waals surface area contributed by atoms with Crippen LogP contribution in [0.1, 0.15) is 42.3 Å². The number of carbonyl (C=O) groups is 1. The molecule has 0 aliphatic carbocycles. The summed E-state index contributed by atoms with van der Waals surface area (Å²) >= 11 is 0. The number of amides is 1. The highest BCUT2D eigenvalue weighted by molar-refractivity contribution is 5.99. The zero-order chi connectivity index (χ0) is 11.2. The maximum atomic E-state index is 12.0. The van der Waals surface area contributed by atoms with Crippen molar-refractivity contribution in [2.45, 2.75) is 32.7 Å². The van der Waals surface area contributed by atoms with Crippen LogP contribution in [-0.2, 0) is 12.0 Å². The van der Waals surface area contributed by atoms with Crippen molar-refractivity contribution in [1.82, 2.24) is 4.90 Å². The van der Waals surface area contributed by atoms with Crippen LogP contribution in [0.4, 0.5) is 0 Å². The topological polar surface area (TPSA) is 20.3 Å². The molecule has 1 aliphatic heterocycles. The fourth-order valence-corrected chi connectivity index (χ4v) is 2.13. The first kappa shape index (κ1) is 10.2. The highest BCUT2D eigenvalue weighted by atomic mass is 16.2. The minimum absolute atomic E-state index is 0.0339. The van der Waals surface area contributed by atoms with Gasteiger partial charge in [-0.15, -0.1) is 0 Å². The van der Waals surface area contributed by atoms with Crippen LogP contribution in [0.25, 0.3) is 0 Å². The van der Waals surface area contributed by atoms with Crippen molar-refractivity contribution < 1.29 is 4.79 Å². The minimum atomic E-state index is 0.0339. The van der Waals surface area contributed by atoms with E-state index in [0.717, 1.165) is 23.2 Å². The fraction of sp³-hybridized carbons (Fsp3) is 0.462. The van der Waals surface area contributed by atoms with Gasteiger partial charge in [0.1, 0.15) is 0 Å². The van der Waals surface area contributed by atoms with E-state index in [1.807, 2.05) is 19.2 Å². The molecule has 0 spiro atoms. The molecule has 0 saturated heterocycles. The van der Waals surface area contributed by atoms with Crippen molar-refractivity contribution in [1.29, 1.82) is 0 Å². The predicted molar refractivity (Wildman–Crippen MR) is 60.9 cm³/mol. The SMILES string of the molecule is CN1Cc2cccc(C(C)(C)C)c2C1=O. The lowest BCUT2D eigenvalue weighted by molar-refractivity contribution is 0.0814. The van der Waals surface area contributed by atoms with E-state index in [9.17, 15) is 4.79 Å². The number of hydrogen-bond acceptors (Lipinski definition) is 1. The maximum Gasteiger partial charge on any atom is 0.254 e. The molecule has 2 heteroatoms. The van der Waals surface area contributed by atoms with E-state index in [4.69, 9.17) is 0 Å². The normalized spacial score (nSPS) is 15.7. The molecule has 0 radical (unpaired) electrons. The summed E-state index contributed by atoms with van der Waals surface area (Å²) < 4.78 is 0. The van der Waals surface area contributed by atoms with Gasteiger partial charge >= 0.3 is 0 Å². The van der Waals surface area contributed by atoms with Crippen molar-refractivity contribution in [3.8, 4) is 0 Å².